The van der Waals surface area contributed by atoms with Crippen LogP contribution in [0.1, 0.15) is 34.9 Å². The van der Waals surface area contributed by atoms with Gasteiger partial charge in [0.05, 0.1) is 47.6 Å². The molecule has 0 spiro atoms. The molecule has 1 saturated heterocycles. The van der Waals surface area contributed by atoms with Crippen LogP contribution in [0.2, 0.25) is 0 Å². The molecule has 146 valence electrons. The second-order valence-electron chi connectivity index (χ2n) is 6.56. The van der Waals surface area contributed by atoms with Gasteiger partial charge in [-0.05, 0) is 25.8 Å². The summed E-state index contributed by atoms with van der Waals surface area (Å²) in [6, 6.07) is 1.42. The molecule has 3 heterocycles. The van der Waals surface area contributed by atoms with E-state index >= 15 is 0 Å². The summed E-state index contributed by atoms with van der Waals surface area (Å²) < 4.78 is 39.3. The van der Waals surface area contributed by atoms with Crippen LogP contribution < -0.4 is 5.32 Å². The Kier molecular flexibility index (Phi) is 5.36. The molecule has 2 aromatic rings. The number of nitrogens with zero attached hydrogens (tertiary/aromatic N) is 4. The molecule has 1 fully saturated rings. The van der Waals surface area contributed by atoms with Crippen molar-refractivity contribution < 1.29 is 23.1 Å². The number of likely N-dealkylation sites (tertiary alicyclic amines) is 1. The molecule has 10 heteroatoms. The van der Waals surface area contributed by atoms with Gasteiger partial charge in [0, 0.05) is 19.3 Å². The molecule has 1 aliphatic heterocycles. The maximum Gasteiger partial charge on any atom is 0.401 e. The lowest BCUT2D eigenvalue weighted by Gasteiger charge is -2.32. The van der Waals surface area contributed by atoms with E-state index in [9.17, 15) is 23.1 Å². The minimum atomic E-state index is -4.18. The number of carbonyl (C=O) groups is 1. The van der Waals surface area contributed by atoms with Crippen LogP contribution in [0.15, 0.2) is 24.7 Å². The van der Waals surface area contributed by atoms with Gasteiger partial charge in [0.15, 0.2) is 0 Å². The molecule has 0 amide bonds. The van der Waals surface area contributed by atoms with Crippen molar-refractivity contribution in [2.75, 3.05) is 25.0 Å². The van der Waals surface area contributed by atoms with Gasteiger partial charge in [-0.25, -0.2) is 4.79 Å². The van der Waals surface area contributed by atoms with E-state index < -0.39 is 18.7 Å². The number of hydrogen-bond donors (Lipinski definition) is 2. The molecule has 0 atom stereocenters. The molecule has 0 aliphatic carbocycles. The minimum Gasteiger partial charge on any atom is -0.478 e. The smallest absolute Gasteiger partial charge is 0.401 e. The van der Waals surface area contributed by atoms with Gasteiger partial charge in [-0.3, -0.25) is 14.6 Å². The van der Waals surface area contributed by atoms with Crippen LogP contribution in [0.5, 0.6) is 0 Å². The normalized spacial score (nSPS) is 16.4. The fourth-order valence-electron chi connectivity index (χ4n) is 3.32. The third kappa shape index (κ3) is 4.57. The number of carboxylic acids is 1. The average molecular weight is 383 g/mol. The van der Waals surface area contributed by atoms with E-state index in [0.717, 1.165) is 5.69 Å². The Morgan fingerprint density at radius 2 is 2.00 bits per heavy atom. The van der Waals surface area contributed by atoms with E-state index in [2.05, 4.69) is 15.4 Å². The van der Waals surface area contributed by atoms with E-state index in [-0.39, 0.29) is 11.6 Å². The molecular formula is C17H20F3N5O2. The summed E-state index contributed by atoms with van der Waals surface area (Å²) in [6.45, 7) is 1.67. The summed E-state index contributed by atoms with van der Waals surface area (Å²) in [7, 11) is 0. The summed E-state index contributed by atoms with van der Waals surface area (Å²) in [5.41, 5.74) is 1.89. The summed E-state index contributed by atoms with van der Waals surface area (Å²) in [5.74, 6) is -1.07. The van der Waals surface area contributed by atoms with Gasteiger partial charge in [0.25, 0.3) is 0 Å². The number of carboxylic acid groups (broad SMARTS) is 1. The molecule has 0 bridgehead atoms. The largest absolute Gasteiger partial charge is 0.478 e. The quantitative estimate of drug-likeness (QED) is 0.825. The maximum atomic E-state index is 12.5. The first-order chi connectivity index (χ1) is 12.7. The molecule has 2 aromatic heterocycles. The number of rotatable bonds is 5. The van der Waals surface area contributed by atoms with Crippen molar-refractivity contribution in [3.63, 3.8) is 0 Å². The maximum absolute atomic E-state index is 12.5. The Balaban J connectivity index is 1.69. The zero-order valence-corrected chi connectivity index (χ0v) is 14.7. The first kappa shape index (κ1) is 19.2. The molecule has 0 saturated carbocycles. The monoisotopic (exact) mass is 383 g/mol. The Hall–Kier alpha value is -2.62. The van der Waals surface area contributed by atoms with Gasteiger partial charge in [-0.15, -0.1) is 0 Å². The second kappa shape index (κ2) is 7.55. The number of aromatic nitrogens is 3. The molecule has 3 rings (SSSR count). The minimum absolute atomic E-state index is 0.0119. The molecule has 0 unspecified atom stereocenters. The molecule has 2 N–H and O–H groups in total. The van der Waals surface area contributed by atoms with Gasteiger partial charge < -0.3 is 10.4 Å². The van der Waals surface area contributed by atoms with Crippen molar-refractivity contribution in [3.8, 4) is 0 Å². The first-order valence-corrected chi connectivity index (χ1v) is 8.52. The first-order valence-electron chi connectivity index (χ1n) is 8.52. The highest BCUT2D eigenvalue weighted by molar-refractivity contribution is 5.94. The van der Waals surface area contributed by atoms with Gasteiger partial charge in [0.2, 0.25) is 0 Å². The summed E-state index contributed by atoms with van der Waals surface area (Å²) >= 11 is 0. The molecule has 27 heavy (non-hydrogen) atoms. The number of piperidine rings is 1. The fraction of sp³-hybridized carbons (Fsp3) is 0.471. The number of anilines is 2. The summed E-state index contributed by atoms with van der Waals surface area (Å²) in [5, 5.41) is 16.6. The lowest BCUT2D eigenvalue weighted by atomic mass is 10.0. The lowest BCUT2D eigenvalue weighted by molar-refractivity contribution is -0.148. The molecule has 1 aliphatic rings. The summed E-state index contributed by atoms with van der Waals surface area (Å²) in [4.78, 5) is 16.6. The van der Waals surface area contributed by atoms with E-state index in [1.165, 1.54) is 23.4 Å². The Bertz CT molecular complexity index is 813. The van der Waals surface area contributed by atoms with Crippen LogP contribution in [0.4, 0.5) is 24.5 Å². The number of nitrogens with one attached hydrogen (secondary N) is 1. The van der Waals surface area contributed by atoms with Crippen molar-refractivity contribution in [1.29, 1.82) is 0 Å². The highest BCUT2D eigenvalue weighted by Gasteiger charge is 2.33. The van der Waals surface area contributed by atoms with Gasteiger partial charge in [-0.1, -0.05) is 0 Å². The van der Waals surface area contributed by atoms with Gasteiger partial charge >= 0.3 is 12.1 Å². The van der Waals surface area contributed by atoms with E-state index in [1.54, 1.807) is 10.9 Å². The third-order valence-corrected chi connectivity index (χ3v) is 4.67. The number of halogens is 3. The second-order valence-corrected chi connectivity index (χ2v) is 6.56. The van der Waals surface area contributed by atoms with E-state index in [4.69, 9.17) is 0 Å². The molecule has 7 nitrogen and oxygen atoms in total. The van der Waals surface area contributed by atoms with Crippen LogP contribution in [-0.4, -0.2) is 56.6 Å². The number of alkyl halides is 3. The fourth-order valence-corrected chi connectivity index (χ4v) is 3.32. The van der Waals surface area contributed by atoms with E-state index in [0.29, 0.717) is 37.3 Å². The Morgan fingerprint density at radius 3 is 2.63 bits per heavy atom. The van der Waals surface area contributed by atoms with Crippen LogP contribution in [0, 0.1) is 6.92 Å². The molecular weight excluding hydrogens is 363 g/mol. The number of hydrogen-bond acceptors (Lipinski definition) is 5. The number of aromatic carboxylic acids is 1. The van der Waals surface area contributed by atoms with E-state index in [1.807, 2.05) is 6.92 Å². The molecule has 0 radical (unpaired) electrons. The zero-order valence-electron chi connectivity index (χ0n) is 14.7. The standard InChI is InChI=1S/C17H20F3N5O2/c1-11-14(23-15-8-21-5-2-13(15)16(26)27)9-22-25(11)12-3-6-24(7-4-12)10-17(18,19)20/h2,5,8-9,12,23H,3-4,6-7,10H2,1H3,(H,26,27). The topological polar surface area (TPSA) is 83.3 Å². The van der Waals surface area contributed by atoms with Crippen molar-refractivity contribution in [1.82, 2.24) is 19.7 Å². The van der Waals surface area contributed by atoms with Crippen LogP contribution >= 0.6 is 0 Å². The average Bonchev–Trinajstić information content (AvgIpc) is 2.95. The predicted octanol–water partition coefficient (Wildman–Crippen LogP) is 3.23. The van der Waals surface area contributed by atoms with Gasteiger partial charge in [0.1, 0.15) is 0 Å². The zero-order chi connectivity index (χ0) is 19.6. The predicted molar refractivity (Wildman–Crippen MR) is 92.2 cm³/mol. The Labute approximate surface area is 153 Å². The highest BCUT2D eigenvalue weighted by Crippen LogP contribution is 2.29. The Morgan fingerprint density at radius 1 is 1.30 bits per heavy atom. The molecule has 0 aromatic carbocycles. The van der Waals surface area contributed by atoms with Crippen molar-refractivity contribution >= 4 is 17.3 Å². The highest BCUT2D eigenvalue weighted by atomic mass is 19.4. The van der Waals surface area contributed by atoms with Crippen LogP contribution in [0.3, 0.4) is 0 Å². The third-order valence-electron chi connectivity index (χ3n) is 4.67. The van der Waals surface area contributed by atoms with Crippen LogP contribution in [0.25, 0.3) is 0 Å². The van der Waals surface area contributed by atoms with Crippen LogP contribution in [-0.2, 0) is 0 Å². The van der Waals surface area contributed by atoms with Crippen molar-refractivity contribution in [3.05, 3.63) is 35.9 Å². The van der Waals surface area contributed by atoms with Gasteiger partial charge in [-0.2, -0.15) is 18.3 Å². The van der Waals surface area contributed by atoms with Crippen molar-refractivity contribution in [2.45, 2.75) is 32.0 Å². The summed E-state index contributed by atoms with van der Waals surface area (Å²) in [6.07, 6.45) is 1.39. The number of pyridine rings is 1. The van der Waals surface area contributed by atoms with Crippen molar-refractivity contribution in [2.24, 2.45) is 0 Å². The SMILES string of the molecule is Cc1c(Nc2cnccc2C(=O)O)cnn1C1CCN(CC(F)(F)F)CC1. The lowest BCUT2D eigenvalue weighted by Crippen LogP contribution is -2.40.